The first-order valence-electron chi connectivity index (χ1n) is 20.8. The van der Waals surface area contributed by atoms with Crippen molar-refractivity contribution < 1.29 is 10.2 Å². The van der Waals surface area contributed by atoms with Crippen molar-refractivity contribution in [1.29, 1.82) is 0 Å². The Morgan fingerprint density at radius 3 is 1.42 bits per heavy atom. The van der Waals surface area contributed by atoms with Crippen molar-refractivity contribution in [1.82, 2.24) is 0 Å². The Balaban J connectivity index is 1.01. The number of fused-ring (bicyclic) bond motifs is 3. The quantitative estimate of drug-likeness (QED) is 0.166. The summed E-state index contributed by atoms with van der Waals surface area (Å²) < 4.78 is 0. The minimum Gasteiger partial charge on any atom is -0.507 e. The lowest BCUT2D eigenvalue weighted by molar-refractivity contribution is 0.261. The number of rotatable bonds is 8. The number of aromatic hydroxyl groups is 2. The molecule has 4 saturated carbocycles. The van der Waals surface area contributed by atoms with Crippen molar-refractivity contribution in [3.63, 3.8) is 0 Å². The van der Waals surface area contributed by atoms with E-state index in [1.807, 2.05) is 12.1 Å². The number of hydrogen-bond acceptors (Lipinski definition) is 2. The highest BCUT2D eigenvalue weighted by Gasteiger charge is 2.66. The van der Waals surface area contributed by atoms with Crippen LogP contribution in [0.3, 0.4) is 0 Å². The maximum Gasteiger partial charge on any atom is 0.132 e. The smallest absolute Gasteiger partial charge is 0.132 e. The van der Waals surface area contributed by atoms with Crippen LogP contribution in [0.2, 0.25) is 0 Å². The summed E-state index contributed by atoms with van der Waals surface area (Å²) in [6.07, 6.45) is 14.7. The van der Waals surface area contributed by atoms with Gasteiger partial charge in [-0.2, -0.15) is 0 Å². The van der Waals surface area contributed by atoms with E-state index in [9.17, 15) is 10.2 Å². The Hall–Kier alpha value is -4.56. The van der Waals surface area contributed by atoms with Crippen molar-refractivity contribution in [3.8, 4) is 44.9 Å². The molecule has 268 valence electrons. The second-order valence-corrected chi connectivity index (χ2v) is 17.2. The monoisotopic (exact) mass is 696 g/mol. The van der Waals surface area contributed by atoms with Crippen LogP contribution in [0.1, 0.15) is 101 Å². The molecule has 0 amide bonds. The third-order valence-corrected chi connectivity index (χ3v) is 14.3. The first kappa shape index (κ1) is 33.0. The summed E-state index contributed by atoms with van der Waals surface area (Å²) in [5.41, 5.74) is 7.82. The Labute approximate surface area is 314 Å². The molecule has 6 aromatic carbocycles. The molecule has 53 heavy (non-hydrogen) atoms. The zero-order chi connectivity index (χ0) is 35.6. The average molecular weight is 697 g/mol. The molecule has 2 unspecified atom stereocenters. The molecular weight excluding hydrogens is 645 g/mol. The number of benzene rings is 6. The van der Waals surface area contributed by atoms with Gasteiger partial charge in [0.25, 0.3) is 0 Å². The van der Waals surface area contributed by atoms with Gasteiger partial charge in [0.15, 0.2) is 0 Å². The lowest BCUT2D eigenvalue weighted by atomic mass is 9.75. The van der Waals surface area contributed by atoms with Gasteiger partial charge < -0.3 is 10.2 Å². The first-order chi connectivity index (χ1) is 26.1. The summed E-state index contributed by atoms with van der Waals surface area (Å²) in [5, 5.41) is 28.7. The van der Waals surface area contributed by atoms with Crippen LogP contribution in [-0.2, 0) is 0 Å². The van der Waals surface area contributed by atoms with Crippen molar-refractivity contribution in [2.75, 3.05) is 0 Å². The van der Waals surface area contributed by atoms with Gasteiger partial charge in [0.05, 0.1) is 0 Å². The van der Waals surface area contributed by atoms with Gasteiger partial charge in [-0.15, -0.1) is 0 Å². The number of phenolic OH excluding ortho intramolecular Hbond substituents is 2. The number of hydrogen-bond donors (Lipinski definition) is 2. The number of phenols is 2. The van der Waals surface area contributed by atoms with Crippen LogP contribution in [0.4, 0.5) is 0 Å². The van der Waals surface area contributed by atoms with E-state index in [-0.39, 0.29) is 11.5 Å². The molecule has 10 rings (SSSR count). The summed E-state index contributed by atoms with van der Waals surface area (Å²) in [6, 6.07) is 38.8. The molecule has 4 fully saturated rings. The third kappa shape index (κ3) is 5.94. The van der Waals surface area contributed by atoms with Crippen molar-refractivity contribution in [2.24, 2.45) is 29.6 Å². The molecule has 2 N–H and O–H groups in total. The normalized spacial score (nSPS) is 26.4. The van der Waals surface area contributed by atoms with Crippen LogP contribution in [0, 0.1) is 29.6 Å². The van der Waals surface area contributed by atoms with E-state index in [2.05, 4.69) is 104 Å². The molecule has 4 aliphatic carbocycles. The molecule has 2 heteroatoms. The van der Waals surface area contributed by atoms with Crippen LogP contribution in [0.15, 0.2) is 109 Å². The largest absolute Gasteiger partial charge is 0.507 e. The van der Waals surface area contributed by atoms with Gasteiger partial charge in [-0.05, 0) is 155 Å². The van der Waals surface area contributed by atoms with Gasteiger partial charge in [-0.3, -0.25) is 0 Å². The zero-order valence-electron chi connectivity index (χ0n) is 31.1. The van der Waals surface area contributed by atoms with Crippen LogP contribution >= 0.6 is 0 Å². The van der Waals surface area contributed by atoms with Crippen LogP contribution in [-0.4, -0.2) is 10.2 Å². The summed E-state index contributed by atoms with van der Waals surface area (Å²) in [7, 11) is 0. The zero-order valence-corrected chi connectivity index (χ0v) is 31.1. The Kier molecular flexibility index (Phi) is 8.34. The summed E-state index contributed by atoms with van der Waals surface area (Å²) >= 11 is 0. The SMILES string of the molecule is CCCC1CCC(c2ccc(-c3cc4ccccc4c(-c4c(O)c(-c5ccc(C6CCC(C7C8CC87)CC6)cc5)cc5ccccc45)c3O)cc2)CC1. The fourth-order valence-electron chi connectivity index (χ4n) is 11.0. The van der Waals surface area contributed by atoms with E-state index in [0.29, 0.717) is 23.0 Å². The maximum atomic E-state index is 12.4. The topological polar surface area (TPSA) is 40.5 Å². The molecule has 0 heterocycles. The van der Waals surface area contributed by atoms with Gasteiger partial charge >= 0.3 is 0 Å². The van der Waals surface area contributed by atoms with Crippen LogP contribution in [0.5, 0.6) is 11.5 Å². The highest BCUT2D eigenvalue weighted by molar-refractivity contribution is 6.13. The highest BCUT2D eigenvalue weighted by atomic mass is 16.3. The highest BCUT2D eigenvalue weighted by Crippen LogP contribution is 2.72. The van der Waals surface area contributed by atoms with Gasteiger partial charge in [-0.1, -0.05) is 117 Å². The molecular formula is C51H52O2. The first-order valence-corrected chi connectivity index (χ1v) is 20.8. The molecule has 4 aliphatic rings. The molecule has 0 spiro atoms. The van der Waals surface area contributed by atoms with Crippen molar-refractivity contribution in [3.05, 3.63) is 120 Å². The van der Waals surface area contributed by atoms with E-state index in [1.165, 1.54) is 81.8 Å². The predicted octanol–water partition coefficient (Wildman–Crippen LogP) is 14.0. The minimum atomic E-state index is 0.212. The second-order valence-electron chi connectivity index (χ2n) is 17.2. The van der Waals surface area contributed by atoms with Gasteiger partial charge in [0, 0.05) is 22.3 Å². The Morgan fingerprint density at radius 1 is 0.528 bits per heavy atom. The Morgan fingerprint density at radius 2 is 0.981 bits per heavy atom. The molecule has 6 aromatic rings. The van der Waals surface area contributed by atoms with E-state index >= 15 is 0 Å². The third-order valence-electron chi connectivity index (χ3n) is 14.3. The summed E-state index contributed by atoms with van der Waals surface area (Å²) in [5.74, 6) is 6.83. The van der Waals surface area contributed by atoms with E-state index in [1.54, 1.807) is 0 Å². The second kappa shape index (κ2) is 13.4. The molecule has 0 aromatic heterocycles. The lowest BCUT2D eigenvalue weighted by Crippen LogP contribution is -2.17. The lowest BCUT2D eigenvalue weighted by Gasteiger charge is -2.30. The fraction of sp³-hybridized carbons (Fsp3) is 0.373. The molecule has 0 bridgehead atoms. The molecule has 0 radical (unpaired) electrons. The molecule has 2 atom stereocenters. The van der Waals surface area contributed by atoms with Gasteiger partial charge in [0.1, 0.15) is 11.5 Å². The molecule has 2 nitrogen and oxygen atoms in total. The summed E-state index contributed by atoms with van der Waals surface area (Å²) in [4.78, 5) is 0. The Bertz CT molecular complexity index is 2280. The molecule has 0 saturated heterocycles. The van der Waals surface area contributed by atoms with E-state index < -0.39 is 0 Å². The van der Waals surface area contributed by atoms with Gasteiger partial charge in [0.2, 0.25) is 0 Å². The van der Waals surface area contributed by atoms with Crippen LogP contribution < -0.4 is 0 Å². The van der Waals surface area contributed by atoms with Crippen LogP contribution in [0.25, 0.3) is 54.9 Å². The average Bonchev–Trinajstić information content (AvgIpc) is 4.13. The standard InChI is InChI=1S/C51H52O2/c1-2-7-31-12-14-32(15-13-31)33-16-22-36(23-17-33)43-28-39-8-3-5-10-41(39)48(50(43)52)49-42-11-6-4-9-40(42)29-44(51(49)53)37-24-18-34(19-25-37)35-20-26-38(27-21-35)47-45-30-46(45)47/h3-6,8-11,16-19,22-25,28-29,31-32,35,38,45-47,52-53H,2,7,12-15,20-21,26-27,30H2,1H3. The minimum absolute atomic E-state index is 0.212. The fourth-order valence-corrected chi connectivity index (χ4v) is 11.0. The van der Waals surface area contributed by atoms with E-state index in [4.69, 9.17) is 0 Å². The van der Waals surface area contributed by atoms with E-state index in [0.717, 1.165) is 73.4 Å². The summed E-state index contributed by atoms with van der Waals surface area (Å²) in [6.45, 7) is 2.30. The predicted molar refractivity (Wildman–Crippen MR) is 220 cm³/mol. The maximum absolute atomic E-state index is 12.4. The molecule has 0 aliphatic heterocycles. The van der Waals surface area contributed by atoms with Crippen molar-refractivity contribution in [2.45, 2.75) is 89.4 Å². The van der Waals surface area contributed by atoms with Gasteiger partial charge in [-0.25, -0.2) is 0 Å². The van der Waals surface area contributed by atoms with Crippen molar-refractivity contribution >= 4 is 21.5 Å².